The molecule has 0 spiro atoms. The number of carbonyl (C=O) groups excluding carboxylic acids is 1. The van der Waals surface area contributed by atoms with Gasteiger partial charge in [0.15, 0.2) is 0 Å². The van der Waals surface area contributed by atoms with Crippen molar-refractivity contribution in [2.45, 2.75) is 25.4 Å². The van der Waals surface area contributed by atoms with Gasteiger partial charge < -0.3 is 14.4 Å². The molecule has 0 aromatic heterocycles. The zero-order valence-electron chi connectivity index (χ0n) is 17.3. The van der Waals surface area contributed by atoms with Crippen LogP contribution in [-0.2, 0) is 17.4 Å². The van der Waals surface area contributed by atoms with Gasteiger partial charge >= 0.3 is 6.18 Å². The van der Waals surface area contributed by atoms with Gasteiger partial charge in [-0.2, -0.15) is 18.3 Å². The number of anilines is 1. The van der Waals surface area contributed by atoms with E-state index in [0.717, 1.165) is 43.8 Å². The highest BCUT2D eigenvalue weighted by Crippen LogP contribution is 2.36. The first-order valence-electron chi connectivity index (χ1n) is 9.81. The SMILES string of the molecule is COc1cc(N2CCCC2)c(OC)cc1/C=N/NC(=O)Cc1cccc(C(F)(F)F)c1. The Bertz CT molecular complexity index is 955. The number of hydrazone groups is 1. The summed E-state index contributed by atoms with van der Waals surface area (Å²) in [5.41, 5.74) is 3.32. The molecule has 1 aliphatic rings. The molecule has 166 valence electrons. The number of carbonyl (C=O) groups is 1. The highest BCUT2D eigenvalue weighted by Gasteiger charge is 2.30. The Labute approximate surface area is 178 Å². The van der Waals surface area contributed by atoms with Crippen LogP contribution in [0.3, 0.4) is 0 Å². The molecule has 0 bridgehead atoms. The predicted molar refractivity (Wildman–Crippen MR) is 112 cm³/mol. The van der Waals surface area contributed by atoms with Crippen LogP contribution in [-0.4, -0.2) is 39.4 Å². The number of nitrogens with zero attached hydrogens (tertiary/aromatic N) is 2. The molecule has 0 atom stereocenters. The molecule has 3 rings (SSSR count). The van der Waals surface area contributed by atoms with E-state index in [2.05, 4.69) is 15.4 Å². The van der Waals surface area contributed by atoms with E-state index in [-0.39, 0.29) is 12.0 Å². The average Bonchev–Trinajstić information content (AvgIpc) is 3.27. The Morgan fingerprint density at radius 3 is 2.48 bits per heavy atom. The third-order valence-corrected chi connectivity index (χ3v) is 4.99. The maximum Gasteiger partial charge on any atom is 0.416 e. The summed E-state index contributed by atoms with van der Waals surface area (Å²) in [7, 11) is 3.12. The highest BCUT2D eigenvalue weighted by atomic mass is 19.4. The van der Waals surface area contributed by atoms with Crippen molar-refractivity contribution >= 4 is 17.8 Å². The monoisotopic (exact) mass is 435 g/mol. The Kier molecular flexibility index (Phi) is 7.04. The number of rotatable bonds is 7. The number of halogens is 3. The molecule has 2 aromatic carbocycles. The number of methoxy groups -OCH3 is 2. The largest absolute Gasteiger partial charge is 0.496 e. The lowest BCUT2D eigenvalue weighted by Crippen LogP contribution is -2.20. The Hall–Kier alpha value is -3.23. The molecule has 0 aliphatic carbocycles. The van der Waals surface area contributed by atoms with Gasteiger partial charge in [0.2, 0.25) is 5.91 Å². The van der Waals surface area contributed by atoms with E-state index < -0.39 is 17.6 Å². The fourth-order valence-corrected chi connectivity index (χ4v) is 3.47. The summed E-state index contributed by atoms with van der Waals surface area (Å²) in [5.74, 6) is 0.702. The van der Waals surface area contributed by atoms with E-state index in [1.165, 1.54) is 18.3 Å². The van der Waals surface area contributed by atoms with E-state index in [0.29, 0.717) is 17.1 Å². The van der Waals surface area contributed by atoms with Crippen LogP contribution in [0.25, 0.3) is 0 Å². The van der Waals surface area contributed by atoms with Gasteiger partial charge in [-0.25, -0.2) is 5.43 Å². The van der Waals surface area contributed by atoms with Crippen LogP contribution in [0.2, 0.25) is 0 Å². The maximum absolute atomic E-state index is 12.8. The van der Waals surface area contributed by atoms with Crippen molar-refractivity contribution in [2.75, 3.05) is 32.2 Å². The molecule has 9 heteroatoms. The first-order valence-corrected chi connectivity index (χ1v) is 9.81. The summed E-state index contributed by atoms with van der Waals surface area (Å²) < 4.78 is 49.4. The Morgan fingerprint density at radius 2 is 1.84 bits per heavy atom. The molecule has 1 heterocycles. The van der Waals surface area contributed by atoms with Gasteiger partial charge in [0, 0.05) is 24.7 Å². The topological polar surface area (TPSA) is 63.2 Å². The van der Waals surface area contributed by atoms with Crippen LogP contribution in [0.15, 0.2) is 41.5 Å². The van der Waals surface area contributed by atoms with Gasteiger partial charge in [0.1, 0.15) is 11.5 Å². The molecule has 1 N–H and O–H groups in total. The highest BCUT2D eigenvalue weighted by molar-refractivity contribution is 5.88. The third kappa shape index (κ3) is 5.68. The van der Waals surface area contributed by atoms with Gasteiger partial charge in [0.05, 0.1) is 38.1 Å². The maximum atomic E-state index is 12.8. The summed E-state index contributed by atoms with van der Waals surface area (Å²) in [6.45, 7) is 1.89. The normalized spacial score (nSPS) is 14.2. The standard InChI is InChI=1S/C22H24F3N3O3/c1-30-19-13-18(28-8-3-4-9-28)20(31-2)12-16(19)14-26-27-21(29)11-15-6-5-7-17(10-15)22(23,24)25/h5-7,10,12-14H,3-4,8-9,11H2,1-2H3,(H,27,29)/b26-14+. The lowest BCUT2D eigenvalue weighted by molar-refractivity contribution is -0.137. The number of ether oxygens (including phenoxy) is 2. The van der Waals surface area contributed by atoms with E-state index in [4.69, 9.17) is 9.47 Å². The summed E-state index contributed by atoms with van der Waals surface area (Å²) in [5, 5.41) is 3.92. The molecule has 2 aromatic rings. The fourth-order valence-electron chi connectivity index (χ4n) is 3.47. The quantitative estimate of drug-likeness (QED) is 0.527. The van der Waals surface area contributed by atoms with Gasteiger partial charge in [-0.1, -0.05) is 18.2 Å². The number of alkyl halides is 3. The van der Waals surface area contributed by atoms with E-state index >= 15 is 0 Å². The van der Waals surface area contributed by atoms with Crippen molar-refractivity contribution in [1.29, 1.82) is 0 Å². The van der Waals surface area contributed by atoms with Gasteiger partial charge in [-0.15, -0.1) is 0 Å². The van der Waals surface area contributed by atoms with Crippen molar-refractivity contribution < 1.29 is 27.4 Å². The van der Waals surface area contributed by atoms with Crippen LogP contribution in [0, 0.1) is 0 Å². The zero-order chi connectivity index (χ0) is 22.4. The Morgan fingerprint density at radius 1 is 1.13 bits per heavy atom. The second-order valence-corrected chi connectivity index (χ2v) is 7.13. The molecule has 31 heavy (non-hydrogen) atoms. The van der Waals surface area contributed by atoms with Gasteiger partial charge in [-0.05, 0) is 30.5 Å². The van der Waals surface area contributed by atoms with Crippen molar-refractivity contribution in [3.63, 3.8) is 0 Å². The molecule has 0 saturated carbocycles. The van der Waals surface area contributed by atoms with Crippen LogP contribution in [0.5, 0.6) is 11.5 Å². The van der Waals surface area contributed by atoms with E-state index in [1.54, 1.807) is 20.3 Å². The van der Waals surface area contributed by atoms with Crippen molar-refractivity contribution in [1.82, 2.24) is 5.43 Å². The molecule has 6 nitrogen and oxygen atoms in total. The summed E-state index contributed by atoms with van der Waals surface area (Å²) in [4.78, 5) is 14.3. The van der Waals surface area contributed by atoms with Crippen molar-refractivity contribution in [3.05, 3.63) is 53.1 Å². The molecule has 0 radical (unpaired) electrons. The van der Waals surface area contributed by atoms with E-state index in [9.17, 15) is 18.0 Å². The number of hydrogen-bond donors (Lipinski definition) is 1. The molecule has 1 aliphatic heterocycles. The van der Waals surface area contributed by atoms with E-state index in [1.807, 2.05) is 6.07 Å². The van der Waals surface area contributed by atoms with Crippen LogP contribution >= 0.6 is 0 Å². The molecule has 1 amide bonds. The summed E-state index contributed by atoms with van der Waals surface area (Å²) in [6.07, 6.45) is -1.03. The van der Waals surface area contributed by atoms with Gasteiger partial charge in [-0.3, -0.25) is 4.79 Å². The lowest BCUT2D eigenvalue weighted by Gasteiger charge is -2.22. The minimum absolute atomic E-state index is 0.227. The van der Waals surface area contributed by atoms with Crippen LogP contribution in [0.4, 0.5) is 18.9 Å². The number of amides is 1. The first kappa shape index (κ1) is 22.5. The van der Waals surface area contributed by atoms with Crippen molar-refractivity contribution in [3.8, 4) is 11.5 Å². The predicted octanol–water partition coefficient (Wildman–Crippen LogP) is 4.02. The van der Waals surface area contributed by atoms with Crippen molar-refractivity contribution in [2.24, 2.45) is 5.10 Å². The molecule has 1 saturated heterocycles. The summed E-state index contributed by atoms with van der Waals surface area (Å²) in [6, 6.07) is 8.29. The fraction of sp³-hybridized carbons (Fsp3) is 0.364. The second kappa shape index (κ2) is 9.72. The number of hydrogen-bond acceptors (Lipinski definition) is 5. The number of benzene rings is 2. The minimum atomic E-state index is -4.46. The second-order valence-electron chi connectivity index (χ2n) is 7.13. The lowest BCUT2D eigenvalue weighted by atomic mass is 10.1. The molecular formula is C22H24F3N3O3. The molecular weight excluding hydrogens is 411 g/mol. The Balaban J connectivity index is 1.69. The average molecular weight is 435 g/mol. The third-order valence-electron chi connectivity index (χ3n) is 4.99. The molecule has 0 unspecified atom stereocenters. The number of nitrogens with one attached hydrogen (secondary N) is 1. The first-order chi connectivity index (χ1) is 14.8. The van der Waals surface area contributed by atoms with Crippen LogP contribution < -0.4 is 19.8 Å². The minimum Gasteiger partial charge on any atom is -0.496 e. The van der Waals surface area contributed by atoms with Crippen LogP contribution in [0.1, 0.15) is 29.5 Å². The summed E-state index contributed by atoms with van der Waals surface area (Å²) >= 11 is 0. The smallest absolute Gasteiger partial charge is 0.416 e. The van der Waals surface area contributed by atoms with Gasteiger partial charge in [0.25, 0.3) is 0 Å². The molecule has 1 fully saturated rings. The zero-order valence-corrected chi connectivity index (χ0v) is 17.3.